The van der Waals surface area contributed by atoms with Gasteiger partial charge in [-0.15, -0.1) is 0 Å². The maximum absolute atomic E-state index is 13.3. The number of aromatic nitrogens is 2. The Hall–Kier alpha value is -4.02. The van der Waals surface area contributed by atoms with Crippen LogP contribution in [-0.2, 0) is 12.6 Å². The Morgan fingerprint density at radius 1 is 0.917 bits per heavy atom. The summed E-state index contributed by atoms with van der Waals surface area (Å²) in [5, 5.41) is 2.74. The molecule has 7 nitrogen and oxygen atoms in total. The van der Waals surface area contributed by atoms with Crippen LogP contribution in [0.15, 0.2) is 60.9 Å². The summed E-state index contributed by atoms with van der Waals surface area (Å²) in [7, 11) is 0. The lowest BCUT2D eigenvalue weighted by Gasteiger charge is -2.35. The van der Waals surface area contributed by atoms with E-state index in [1.807, 2.05) is 4.90 Å². The van der Waals surface area contributed by atoms with E-state index in [0.717, 1.165) is 11.6 Å². The first-order chi connectivity index (χ1) is 17.2. The summed E-state index contributed by atoms with van der Waals surface area (Å²) < 4.78 is 52.8. The number of amides is 2. The molecular formula is C25H23F4N5O2. The van der Waals surface area contributed by atoms with E-state index in [1.165, 1.54) is 47.6 Å². The van der Waals surface area contributed by atoms with Gasteiger partial charge in [-0.3, -0.25) is 9.59 Å². The highest BCUT2D eigenvalue weighted by Gasteiger charge is 2.36. The molecule has 1 N–H and O–H groups in total. The van der Waals surface area contributed by atoms with Crippen molar-refractivity contribution >= 4 is 17.6 Å². The molecule has 1 aliphatic rings. The molecule has 0 aliphatic carbocycles. The lowest BCUT2D eigenvalue weighted by Crippen LogP contribution is -2.49. The quantitative estimate of drug-likeness (QED) is 0.523. The minimum atomic E-state index is -4.61. The van der Waals surface area contributed by atoms with Gasteiger partial charge in [0.15, 0.2) is 0 Å². The van der Waals surface area contributed by atoms with Crippen LogP contribution < -0.4 is 10.2 Å². The van der Waals surface area contributed by atoms with E-state index in [-0.39, 0.29) is 30.2 Å². The maximum atomic E-state index is 13.3. The molecule has 0 radical (unpaired) electrons. The Kier molecular flexibility index (Phi) is 7.47. The Morgan fingerprint density at radius 2 is 1.61 bits per heavy atom. The van der Waals surface area contributed by atoms with Crippen LogP contribution in [0.5, 0.6) is 0 Å². The van der Waals surface area contributed by atoms with Gasteiger partial charge in [-0.1, -0.05) is 24.3 Å². The number of hydrogen-bond acceptors (Lipinski definition) is 5. The molecule has 0 bridgehead atoms. The molecule has 0 unspecified atom stereocenters. The average Bonchev–Trinajstić information content (AvgIpc) is 2.89. The van der Waals surface area contributed by atoms with Crippen LogP contribution in [0.3, 0.4) is 0 Å². The van der Waals surface area contributed by atoms with Crippen LogP contribution in [-0.4, -0.2) is 59.4 Å². The highest BCUT2D eigenvalue weighted by molar-refractivity contribution is 5.96. The van der Waals surface area contributed by atoms with E-state index in [9.17, 15) is 27.2 Å². The normalized spacial score (nSPS) is 14.0. The number of nitrogens with one attached hydrogen (secondary N) is 1. The van der Waals surface area contributed by atoms with Crippen LogP contribution in [0.25, 0.3) is 0 Å². The molecule has 1 fully saturated rings. The van der Waals surface area contributed by atoms with Crippen LogP contribution in [0, 0.1) is 5.82 Å². The van der Waals surface area contributed by atoms with Crippen LogP contribution >= 0.6 is 0 Å². The summed E-state index contributed by atoms with van der Waals surface area (Å²) in [6, 6.07) is 10.8. The summed E-state index contributed by atoms with van der Waals surface area (Å²) in [6.45, 7) is 1.51. The lowest BCUT2D eigenvalue weighted by molar-refractivity contribution is -0.138. The van der Waals surface area contributed by atoms with Crippen molar-refractivity contribution in [3.8, 4) is 0 Å². The van der Waals surface area contributed by atoms with Crippen molar-refractivity contribution in [1.82, 2.24) is 20.2 Å². The molecule has 188 valence electrons. The topological polar surface area (TPSA) is 78.4 Å². The molecule has 2 heterocycles. The van der Waals surface area contributed by atoms with Crippen molar-refractivity contribution in [2.45, 2.75) is 12.6 Å². The predicted molar refractivity (Wildman–Crippen MR) is 124 cm³/mol. The predicted octanol–water partition coefficient (Wildman–Crippen LogP) is 3.57. The largest absolute Gasteiger partial charge is 0.417 e. The molecule has 36 heavy (non-hydrogen) atoms. The van der Waals surface area contributed by atoms with Gasteiger partial charge in [0.05, 0.1) is 23.5 Å². The van der Waals surface area contributed by atoms with Crippen molar-refractivity contribution < 1.29 is 27.2 Å². The Morgan fingerprint density at radius 3 is 2.25 bits per heavy atom. The van der Waals surface area contributed by atoms with Crippen molar-refractivity contribution in [3.05, 3.63) is 89.1 Å². The molecule has 0 saturated carbocycles. The number of carbonyl (C=O) groups excluding carboxylic acids is 2. The third-order valence-corrected chi connectivity index (χ3v) is 5.84. The van der Waals surface area contributed by atoms with Gasteiger partial charge in [-0.2, -0.15) is 13.2 Å². The van der Waals surface area contributed by atoms with Crippen molar-refractivity contribution in [3.63, 3.8) is 0 Å². The summed E-state index contributed by atoms with van der Waals surface area (Å²) in [4.78, 5) is 36.7. The van der Waals surface area contributed by atoms with E-state index in [4.69, 9.17) is 0 Å². The number of halogens is 4. The number of anilines is 1. The van der Waals surface area contributed by atoms with Gasteiger partial charge >= 0.3 is 6.18 Å². The van der Waals surface area contributed by atoms with E-state index in [2.05, 4.69) is 15.3 Å². The SMILES string of the molecule is O=C(NCCc1ccc(F)cc1)c1cnc(N2CCN(C(=O)c3ccccc3C(F)(F)F)CC2)cn1. The number of benzene rings is 2. The number of carbonyl (C=O) groups is 2. The van der Waals surface area contributed by atoms with Gasteiger partial charge in [-0.05, 0) is 36.2 Å². The van der Waals surface area contributed by atoms with Crippen molar-refractivity contribution in [2.75, 3.05) is 37.6 Å². The third-order valence-electron chi connectivity index (χ3n) is 5.84. The van der Waals surface area contributed by atoms with E-state index >= 15 is 0 Å². The third kappa shape index (κ3) is 5.96. The number of piperazine rings is 1. The summed E-state index contributed by atoms with van der Waals surface area (Å²) in [5.74, 6) is -0.880. The zero-order valence-electron chi connectivity index (χ0n) is 19.1. The molecule has 1 aliphatic heterocycles. The van der Waals surface area contributed by atoms with E-state index < -0.39 is 23.6 Å². The Labute approximate surface area is 204 Å². The highest BCUT2D eigenvalue weighted by Crippen LogP contribution is 2.32. The molecular weight excluding hydrogens is 478 g/mol. The summed E-state index contributed by atoms with van der Waals surface area (Å²) in [5.41, 5.74) is -0.295. The Balaban J connectivity index is 1.29. The van der Waals surface area contributed by atoms with E-state index in [0.29, 0.717) is 31.9 Å². The standard InChI is InChI=1S/C25H23F4N5O2/c26-18-7-5-17(6-8-18)9-10-30-23(35)21-15-32-22(16-31-21)33-11-13-34(14-12-33)24(36)19-3-1-2-4-20(19)25(27,28)29/h1-8,15-16H,9-14H2,(H,30,35). The first-order valence-corrected chi connectivity index (χ1v) is 11.3. The second-order valence-corrected chi connectivity index (χ2v) is 8.21. The molecule has 1 saturated heterocycles. The van der Waals surface area contributed by atoms with Gasteiger partial charge in [0, 0.05) is 32.7 Å². The first kappa shape index (κ1) is 25.1. The fourth-order valence-corrected chi connectivity index (χ4v) is 3.89. The number of hydrogen-bond donors (Lipinski definition) is 1. The molecule has 3 aromatic rings. The molecule has 0 spiro atoms. The maximum Gasteiger partial charge on any atom is 0.417 e. The van der Waals surface area contributed by atoms with Crippen molar-refractivity contribution in [1.29, 1.82) is 0 Å². The minimum Gasteiger partial charge on any atom is -0.352 e. The highest BCUT2D eigenvalue weighted by atomic mass is 19.4. The second kappa shape index (κ2) is 10.7. The summed E-state index contributed by atoms with van der Waals surface area (Å²) in [6.07, 6.45) is -1.28. The minimum absolute atomic E-state index is 0.135. The molecule has 11 heteroatoms. The molecule has 4 rings (SSSR count). The lowest BCUT2D eigenvalue weighted by atomic mass is 10.1. The molecule has 2 amide bonds. The fourth-order valence-electron chi connectivity index (χ4n) is 3.89. The fraction of sp³-hybridized carbons (Fsp3) is 0.280. The first-order valence-electron chi connectivity index (χ1n) is 11.3. The van der Waals surface area contributed by atoms with E-state index in [1.54, 1.807) is 12.1 Å². The van der Waals surface area contributed by atoms with Crippen LogP contribution in [0.4, 0.5) is 23.4 Å². The van der Waals surface area contributed by atoms with Crippen molar-refractivity contribution in [2.24, 2.45) is 0 Å². The zero-order valence-corrected chi connectivity index (χ0v) is 19.1. The van der Waals surface area contributed by atoms with Gasteiger partial charge in [0.2, 0.25) is 0 Å². The van der Waals surface area contributed by atoms with Crippen LogP contribution in [0.2, 0.25) is 0 Å². The second-order valence-electron chi connectivity index (χ2n) is 8.21. The number of alkyl halides is 3. The van der Waals surface area contributed by atoms with Gasteiger partial charge in [0.1, 0.15) is 17.3 Å². The van der Waals surface area contributed by atoms with Gasteiger partial charge in [-0.25, -0.2) is 14.4 Å². The summed E-state index contributed by atoms with van der Waals surface area (Å²) >= 11 is 0. The molecule has 0 atom stereocenters. The zero-order chi connectivity index (χ0) is 25.7. The number of nitrogens with zero attached hydrogens (tertiary/aromatic N) is 4. The average molecular weight is 501 g/mol. The van der Waals surface area contributed by atoms with Gasteiger partial charge < -0.3 is 15.1 Å². The monoisotopic (exact) mass is 501 g/mol. The molecule has 2 aromatic carbocycles. The van der Waals surface area contributed by atoms with Gasteiger partial charge in [0.25, 0.3) is 11.8 Å². The smallest absolute Gasteiger partial charge is 0.352 e. The van der Waals surface area contributed by atoms with Crippen LogP contribution in [0.1, 0.15) is 32.0 Å². The Bertz CT molecular complexity index is 1210. The number of rotatable bonds is 6. The molecule has 1 aromatic heterocycles.